The Labute approximate surface area is 110 Å². The molecular weight excluding hydrogens is 252 g/mol. The Kier molecular flexibility index (Phi) is 3.39. The third-order valence-corrected chi connectivity index (χ3v) is 2.77. The van der Waals surface area contributed by atoms with E-state index in [1.807, 2.05) is 0 Å². The lowest BCUT2D eigenvalue weighted by Gasteiger charge is -2.25. The first-order chi connectivity index (χ1) is 8.50. The number of aromatic nitrogens is 2. The van der Waals surface area contributed by atoms with Crippen LogP contribution in [0.25, 0.3) is 0 Å². The number of imidazole rings is 1. The lowest BCUT2D eigenvalue weighted by Crippen LogP contribution is -2.41. The van der Waals surface area contributed by atoms with E-state index in [4.69, 9.17) is 16.3 Å². The van der Waals surface area contributed by atoms with Crippen LogP contribution in [-0.4, -0.2) is 21.1 Å². The topological polar surface area (TPSA) is 44.1 Å². The normalized spacial score (nSPS) is 11.3. The van der Waals surface area contributed by atoms with E-state index in [1.165, 1.54) is 10.9 Å². The van der Waals surface area contributed by atoms with E-state index in [0.717, 1.165) is 0 Å². The largest absolute Gasteiger partial charge is 0.476 e. The molecule has 2 rings (SSSR count). The number of halogens is 1. The minimum atomic E-state index is -1.02. The highest BCUT2D eigenvalue weighted by Crippen LogP contribution is 2.27. The summed E-state index contributed by atoms with van der Waals surface area (Å²) in [5, 5.41) is 0.476. The molecule has 1 aromatic carbocycles. The van der Waals surface area contributed by atoms with E-state index < -0.39 is 5.60 Å². The summed E-state index contributed by atoms with van der Waals surface area (Å²) in [6.07, 6.45) is 4.57. The molecule has 0 fully saturated rings. The maximum Gasteiger partial charge on any atom is 0.275 e. The minimum absolute atomic E-state index is 0.208. The van der Waals surface area contributed by atoms with Gasteiger partial charge in [-0.05, 0) is 26.0 Å². The molecule has 0 amide bonds. The van der Waals surface area contributed by atoms with Crippen LogP contribution in [0.2, 0.25) is 5.02 Å². The summed E-state index contributed by atoms with van der Waals surface area (Å²) in [5.74, 6) is 0.276. The van der Waals surface area contributed by atoms with E-state index >= 15 is 0 Å². The number of carbonyl (C=O) groups is 1. The zero-order valence-corrected chi connectivity index (χ0v) is 10.9. The predicted octanol–water partition coefficient (Wildman–Crippen LogP) is 3.03. The third kappa shape index (κ3) is 2.54. The van der Waals surface area contributed by atoms with Crippen molar-refractivity contribution in [2.24, 2.45) is 0 Å². The molecule has 0 unspecified atom stereocenters. The van der Waals surface area contributed by atoms with E-state index in [-0.39, 0.29) is 5.91 Å². The van der Waals surface area contributed by atoms with Crippen molar-refractivity contribution >= 4 is 17.5 Å². The Hall–Kier alpha value is -1.81. The lowest BCUT2D eigenvalue weighted by molar-refractivity contribution is 0.0488. The summed E-state index contributed by atoms with van der Waals surface area (Å²) in [4.78, 5) is 16.0. The molecule has 0 N–H and O–H groups in total. The van der Waals surface area contributed by atoms with Gasteiger partial charge < -0.3 is 4.74 Å². The van der Waals surface area contributed by atoms with Gasteiger partial charge in [0, 0.05) is 12.4 Å². The second-order valence-electron chi connectivity index (χ2n) is 4.32. The average Bonchev–Trinajstić information content (AvgIpc) is 2.84. The summed E-state index contributed by atoms with van der Waals surface area (Å²) < 4.78 is 7.07. The number of benzene rings is 1. The summed E-state index contributed by atoms with van der Waals surface area (Å²) in [5.41, 5.74) is -1.02. The fourth-order valence-corrected chi connectivity index (χ4v) is 1.71. The highest BCUT2D eigenvalue weighted by Gasteiger charge is 2.31. The number of hydrogen-bond acceptors (Lipinski definition) is 3. The molecule has 18 heavy (non-hydrogen) atoms. The highest BCUT2D eigenvalue weighted by atomic mass is 35.5. The van der Waals surface area contributed by atoms with Gasteiger partial charge in [0.2, 0.25) is 0 Å². The van der Waals surface area contributed by atoms with E-state index in [9.17, 15) is 4.79 Å². The molecule has 0 saturated carbocycles. The van der Waals surface area contributed by atoms with Gasteiger partial charge in [-0.1, -0.05) is 23.7 Å². The smallest absolute Gasteiger partial charge is 0.275 e. The number of carbonyl (C=O) groups excluding carboxylic acids is 1. The molecule has 1 aromatic heterocycles. The molecule has 0 spiro atoms. The van der Waals surface area contributed by atoms with Gasteiger partial charge in [-0.2, -0.15) is 0 Å². The first-order valence-corrected chi connectivity index (χ1v) is 5.85. The number of ether oxygens (including phenoxy) is 1. The van der Waals surface area contributed by atoms with Crippen LogP contribution in [0.1, 0.15) is 18.6 Å². The molecule has 0 saturated heterocycles. The molecule has 4 nitrogen and oxygen atoms in total. The molecular formula is C13H13ClN2O2. The van der Waals surface area contributed by atoms with Gasteiger partial charge in [-0.25, -0.2) is 4.98 Å². The van der Waals surface area contributed by atoms with Crippen LogP contribution in [-0.2, 0) is 0 Å². The Balaban J connectivity index is 2.22. The number of para-hydroxylation sites is 1. The Morgan fingerprint density at radius 2 is 2.11 bits per heavy atom. The van der Waals surface area contributed by atoms with Crippen molar-refractivity contribution < 1.29 is 9.53 Å². The van der Waals surface area contributed by atoms with Crippen LogP contribution in [0.15, 0.2) is 43.0 Å². The highest BCUT2D eigenvalue weighted by molar-refractivity contribution is 6.32. The van der Waals surface area contributed by atoms with Crippen molar-refractivity contribution in [1.82, 2.24) is 9.55 Å². The van der Waals surface area contributed by atoms with Gasteiger partial charge in [0.1, 0.15) is 12.1 Å². The van der Waals surface area contributed by atoms with Crippen molar-refractivity contribution in [3.63, 3.8) is 0 Å². The number of nitrogens with zero attached hydrogens (tertiary/aromatic N) is 2. The second kappa shape index (κ2) is 4.82. The first-order valence-electron chi connectivity index (χ1n) is 5.47. The molecule has 0 aliphatic heterocycles. The van der Waals surface area contributed by atoms with E-state index in [2.05, 4.69) is 4.98 Å². The molecule has 94 valence electrons. The average molecular weight is 265 g/mol. The molecule has 1 heterocycles. The molecule has 5 heteroatoms. The maximum absolute atomic E-state index is 12.2. The van der Waals surface area contributed by atoms with Crippen molar-refractivity contribution in [2.75, 3.05) is 0 Å². The maximum atomic E-state index is 12.2. The second-order valence-corrected chi connectivity index (χ2v) is 4.73. The van der Waals surface area contributed by atoms with Gasteiger partial charge in [0.15, 0.2) is 5.60 Å². The van der Waals surface area contributed by atoms with Crippen molar-refractivity contribution in [2.45, 2.75) is 19.4 Å². The Bertz CT molecular complexity index is 550. The van der Waals surface area contributed by atoms with Crippen LogP contribution in [0.3, 0.4) is 0 Å². The monoisotopic (exact) mass is 264 g/mol. The molecule has 0 aliphatic carbocycles. The van der Waals surface area contributed by atoms with Crippen LogP contribution >= 0.6 is 11.6 Å². The van der Waals surface area contributed by atoms with Crippen LogP contribution < -0.4 is 4.74 Å². The van der Waals surface area contributed by atoms with Crippen molar-refractivity contribution in [3.8, 4) is 5.75 Å². The van der Waals surface area contributed by atoms with Gasteiger partial charge in [-0.15, -0.1) is 0 Å². The summed E-state index contributed by atoms with van der Waals surface area (Å²) in [6, 6.07) is 7.05. The summed E-state index contributed by atoms with van der Waals surface area (Å²) in [7, 11) is 0. The van der Waals surface area contributed by atoms with Gasteiger partial charge in [-0.3, -0.25) is 9.36 Å². The van der Waals surface area contributed by atoms with Gasteiger partial charge in [0.05, 0.1) is 5.02 Å². The van der Waals surface area contributed by atoms with E-state index in [0.29, 0.717) is 10.8 Å². The quantitative estimate of drug-likeness (QED) is 0.856. The van der Waals surface area contributed by atoms with Crippen LogP contribution in [0.5, 0.6) is 5.75 Å². The molecule has 0 atom stereocenters. The van der Waals surface area contributed by atoms with Crippen LogP contribution in [0, 0.1) is 0 Å². The minimum Gasteiger partial charge on any atom is -0.476 e. The van der Waals surface area contributed by atoms with E-state index in [1.54, 1.807) is 50.5 Å². The zero-order valence-electron chi connectivity index (χ0n) is 10.1. The third-order valence-electron chi connectivity index (χ3n) is 2.46. The Morgan fingerprint density at radius 3 is 2.72 bits per heavy atom. The van der Waals surface area contributed by atoms with Crippen LogP contribution in [0.4, 0.5) is 0 Å². The zero-order chi connectivity index (χ0) is 13.2. The van der Waals surface area contributed by atoms with Gasteiger partial charge in [0.25, 0.3) is 5.91 Å². The Morgan fingerprint density at radius 1 is 1.39 bits per heavy atom. The molecule has 0 aliphatic rings. The molecule has 0 bridgehead atoms. The summed E-state index contributed by atoms with van der Waals surface area (Å²) in [6.45, 7) is 3.39. The molecule has 0 radical (unpaired) electrons. The van der Waals surface area contributed by atoms with Crippen molar-refractivity contribution in [3.05, 3.63) is 48.0 Å². The standard InChI is InChI=1S/C13H13ClN2O2/c1-13(2,12(17)16-8-7-15-9-16)18-11-6-4-3-5-10(11)14/h3-9H,1-2H3. The van der Waals surface area contributed by atoms with Crippen molar-refractivity contribution in [1.29, 1.82) is 0 Å². The van der Waals surface area contributed by atoms with Gasteiger partial charge >= 0.3 is 0 Å². The number of rotatable bonds is 3. The lowest BCUT2D eigenvalue weighted by atomic mass is 10.1. The SMILES string of the molecule is CC(C)(Oc1ccccc1Cl)C(=O)n1ccnc1. The fourth-order valence-electron chi connectivity index (χ4n) is 1.54. The number of hydrogen-bond donors (Lipinski definition) is 0. The first kappa shape index (κ1) is 12.6. The predicted molar refractivity (Wildman–Crippen MR) is 69.0 cm³/mol. The molecule has 2 aromatic rings. The fraction of sp³-hybridized carbons (Fsp3) is 0.231. The summed E-state index contributed by atoms with van der Waals surface area (Å²) >= 11 is 6.00.